The highest BCUT2D eigenvalue weighted by Gasteiger charge is 2.51. The maximum Gasteiger partial charge on any atom is 0.247 e. The van der Waals surface area contributed by atoms with Crippen LogP contribution in [0.2, 0.25) is 0 Å². The minimum absolute atomic E-state index is 0.427. The summed E-state index contributed by atoms with van der Waals surface area (Å²) in [5.41, 5.74) is 15.8. The molecule has 9 aromatic carbocycles. The number of aromatic nitrogens is 3. The molecule has 4 heteroatoms. The van der Waals surface area contributed by atoms with E-state index in [0.29, 0.717) is 5.71 Å². The summed E-state index contributed by atoms with van der Waals surface area (Å²) in [6, 6.07) is 68.4. The summed E-state index contributed by atoms with van der Waals surface area (Å²) in [7, 11) is 0. The van der Waals surface area contributed by atoms with Crippen molar-refractivity contribution in [2.45, 2.75) is 5.41 Å². The molecule has 0 atom stereocenters. The number of nitrogens with zero attached hydrogens (tertiary/aromatic N) is 3. The van der Waals surface area contributed by atoms with Crippen molar-refractivity contribution in [3.8, 4) is 39.3 Å². The first-order valence-electron chi connectivity index (χ1n) is 20.2. The molecule has 1 spiro atoms. The van der Waals surface area contributed by atoms with Gasteiger partial charge in [0, 0.05) is 21.7 Å². The molecular weight excluding hydrogens is 719 g/mol. The zero-order valence-electron chi connectivity index (χ0n) is 31.6. The standard InChI is InChI=1S/C55H31N3O/c1-2-15-34-31-48-42(29-33(34)14-1)50-36-16-4-3-13-32(36)26-28-47(50)58(48)53-51(57-54-52(56-53)40-20-8-12-24-49(40)59-54)35-25-27-46-41(30-35)39-19-7-11-23-45(39)55(46)43-21-9-5-17-37(43)38-18-6-10-22-44(38)55/h1-31H. The predicted octanol–water partition coefficient (Wildman–Crippen LogP) is 13.8. The third-order valence-electron chi connectivity index (χ3n) is 13.2. The fourth-order valence-corrected chi connectivity index (χ4v) is 10.8. The van der Waals surface area contributed by atoms with Gasteiger partial charge < -0.3 is 4.42 Å². The third-order valence-corrected chi connectivity index (χ3v) is 13.2. The lowest BCUT2D eigenvalue weighted by atomic mass is 9.70. The first-order valence-corrected chi connectivity index (χ1v) is 20.2. The van der Waals surface area contributed by atoms with Gasteiger partial charge in [0.25, 0.3) is 0 Å². The van der Waals surface area contributed by atoms with Crippen molar-refractivity contribution >= 4 is 65.6 Å². The SMILES string of the molecule is c1ccc2c(c1)-c1ccccc1C21c2ccccc2-c2cc(-c3nc4oc5ccccc5c4nc3-n3c4cc5ccccc5cc4c4c5ccccc5ccc43)ccc21. The van der Waals surface area contributed by atoms with Gasteiger partial charge in [-0.25, -0.2) is 9.97 Å². The summed E-state index contributed by atoms with van der Waals surface area (Å²) in [6.07, 6.45) is 0. The molecular formula is C55H31N3O. The number of hydrogen-bond donors (Lipinski definition) is 0. The van der Waals surface area contributed by atoms with Crippen LogP contribution in [0.15, 0.2) is 192 Å². The Morgan fingerprint density at radius 3 is 1.76 bits per heavy atom. The fourth-order valence-electron chi connectivity index (χ4n) is 10.8. The second-order valence-corrected chi connectivity index (χ2v) is 16.0. The van der Waals surface area contributed by atoms with Crippen LogP contribution in [0.3, 0.4) is 0 Å². The van der Waals surface area contributed by atoms with E-state index in [0.717, 1.165) is 44.6 Å². The van der Waals surface area contributed by atoms with Crippen LogP contribution in [0.5, 0.6) is 0 Å². The van der Waals surface area contributed by atoms with Crippen LogP contribution >= 0.6 is 0 Å². The van der Waals surface area contributed by atoms with E-state index in [1.807, 2.05) is 18.2 Å². The van der Waals surface area contributed by atoms with Crippen LogP contribution in [0.1, 0.15) is 22.3 Å². The molecule has 2 aliphatic carbocycles. The molecule has 59 heavy (non-hydrogen) atoms. The van der Waals surface area contributed by atoms with Gasteiger partial charge in [-0.3, -0.25) is 4.57 Å². The Labute approximate surface area is 338 Å². The second-order valence-electron chi connectivity index (χ2n) is 16.0. The average Bonchev–Trinajstić information content (AvgIpc) is 4.01. The van der Waals surface area contributed by atoms with Crippen LogP contribution in [0.25, 0.3) is 105 Å². The van der Waals surface area contributed by atoms with E-state index in [1.165, 1.54) is 76.8 Å². The molecule has 0 fully saturated rings. The van der Waals surface area contributed by atoms with Crippen molar-refractivity contribution in [2.75, 3.05) is 0 Å². The molecule has 4 nitrogen and oxygen atoms in total. The van der Waals surface area contributed by atoms with Gasteiger partial charge in [-0.05, 0) is 102 Å². The lowest BCUT2D eigenvalue weighted by molar-refractivity contribution is 0.653. The molecule has 3 aromatic heterocycles. The van der Waals surface area contributed by atoms with E-state index < -0.39 is 5.41 Å². The Balaban J connectivity index is 1.11. The summed E-state index contributed by atoms with van der Waals surface area (Å²) >= 11 is 0. The van der Waals surface area contributed by atoms with Crippen LogP contribution in [0, 0.1) is 0 Å². The van der Waals surface area contributed by atoms with Crippen LogP contribution in [-0.4, -0.2) is 14.5 Å². The lowest BCUT2D eigenvalue weighted by Crippen LogP contribution is -2.25. The minimum Gasteiger partial charge on any atom is -0.436 e. The van der Waals surface area contributed by atoms with E-state index in [1.54, 1.807) is 0 Å². The number of benzene rings is 9. The van der Waals surface area contributed by atoms with E-state index in [2.05, 4.69) is 174 Å². The summed E-state index contributed by atoms with van der Waals surface area (Å²) in [5.74, 6) is 0.770. The molecule has 0 radical (unpaired) electrons. The van der Waals surface area contributed by atoms with Crippen molar-refractivity contribution in [2.24, 2.45) is 0 Å². The van der Waals surface area contributed by atoms with Crippen LogP contribution in [0.4, 0.5) is 0 Å². The Bertz CT molecular complexity index is 3770. The van der Waals surface area contributed by atoms with Gasteiger partial charge in [0.15, 0.2) is 5.82 Å². The van der Waals surface area contributed by atoms with Gasteiger partial charge in [0.2, 0.25) is 5.71 Å². The van der Waals surface area contributed by atoms with E-state index in [-0.39, 0.29) is 0 Å². The minimum atomic E-state index is -0.427. The number of rotatable bonds is 2. The molecule has 0 aliphatic heterocycles. The van der Waals surface area contributed by atoms with Crippen molar-refractivity contribution < 1.29 is 4.42 Å². The summed E-state index contributed by atoms with van der Waals surface area (Å²) in [5, 5.41) is 8.13. The molecule has 0 N–H and O–H groups in total. The molecule has 0 unspecified atom stereocenters. The Kier molecular flexibility index (Phi) is 5.93. The molecule has 12 aromatic rings. The van der Waals surface area contributed by atoms with Gasteiger partial charge in [-0.15, -0.1) is 0 Å². The number of hydrogen-bond acceptors (Lipinski definition) is 3. The number of para-hydroxylation sites is 1. The summed E-state index contributed by atoms with van der Waals surface area (Å²) in [6.45, 7) is 0. The van der Waals surface area contributed by atoms with Crippen molar-refractivity contribution in [1.29, 1.82) is 0 Å². The van der Waals surface area contributed by atoms with Crippen molar-refractivity contribution in [1.82, 2.24) is 14.5 Å². The number of furan rings is 1. The van der Waals surface area contributed by atoms with E-state index >= 15 is 0 Å². The number of fused-ring (bicyclic) bond motifs is 19. The van der Waals surface area contributed by atoms with Gasteiger partial charge in [0.1, 0.15) is 16.8 Å². The smallest absolute Gasteiger partial charge is 0.247 e. The summed E-state index contributed by atoms with van der Waals surface area (Å²) in [4.78, 5) is 11.1. The van der Waals surface area contributed by atoms with Gasteiger partial charge in [-0.2, -0.15) is 0 Å². The quantitative estimate of drug-likeness (QED) is 0.177. The third kappa shape index (κ3) is 3.93. The molecule has 0 bridgehead atoms. The average molecular weight is 750 g/mol. The van der Waals surface area contributed by atoms with Crippen molar-refractivity contribution in [3.05, 3.63) is 210 Å². The van der Waals surface area contributed by atoms with Gasteiger partial charge in [0.05, 0.1) is 16.4 Å². The zero-order chi connectivity index (χ0) is 38.4. The highest BCUT2D eigenvalue weighted by molar-refractivity contribution is 6.23. The summed E-state index contributed by atoms with van der Waals surface area (Å²) < 4.78 is 8.84. The largest absolute Gasteiger partial charge is 0.436 e. The fraction of sp³-hybridized carbons (Fsp3) is 0.0182. The molecule has 0 saturated heterocycles. The second kappa shape index (κ2) is 11.2. The Morgan fingerprint density at radius 2 is 1.02 bits per heavy atom. The van der Waals surface area contributed by atoms with Crippen molar-refractivity contribution in [3.63, 3.8) is 0 Å². The van der Waals surface area contributed by atoms with Gasteiger partial charge in [-0.1, -0.05) is 152 Å². The first-order chi connectivity index (χ1) is 29.3. The zero-order valence-corrected chi connectivity index (χ0v) is 31.6. The maximum absolute atomic E-state index is 6.50. The molecule has 0 amide bonds. The monoisotopic (exact) mass is 749 g/mol. The first kappa shape index (κ1) is 31.3. The molecule has 14 rings (SSSR count). The molecule has 272 valence electrons. The van der Waals surface area contributed by atoms with Gasteiger partial charge >= 0.3 is 0 Å². The maximum atomic E-state index is 6.50. The molecule has 2 aliphatic rings. The molecule has 3 heterocycles. The van der Waals surface area contributed by atoms with E-state index in [9.17, 15) is 0 Å². The normalized spacial score (nSPS) is 13.6. The lowest BCUT2D eigenvalue weighted by Gasteiger charge is -2.30. The van der Waals surface area contributed by atoms with Crippen LogP contribution < -0.4 is 0 Å². The predicted molar refractivity (Wildman–Crippen MR) is 240 cm³/mol. The van der Waals surface area contributed by atoms with E-state index in [4.69, 9.17) is 14.4 Å². The highest BCUT2D eigenvalue weighted by atomic mass is 16.3. The van der Waals surface area contributed by atoms with Crippen LogP contribution in [-0.2, 0) is 5.41 Å². The Morgan fingerprint density at radius 1 is 0.424 bits per heavy atom. The highest BCUT2D eigenvalue weighted by Crippen LogP contribution is 2.63. The Hall–Kier alpha value is -7.82. The molecule has 0 saturated carbocycles. The topological polar surface area (TPSA) is 43.9 Å².